The summed E-state index contributed by atoms with van der Waals surface area (Å²) in [7, 11) is 0. The van der Waals surface area contributed by atoms with Crippen LogP contribution in [0.4, 0.5) is 5.13 Å². The summed E-state index contributed by atoms with van der Waals surface area (Å²) >= 11 is 7.48. The van der Waals surface area contributed by atoms with E-state index in [1.54, 1.807) is 30.3 Å². The molecule has 26 heavy (non-hydrogen) atoms. The summed E-state index contributed by atoms with van der Waals surface area (Å²) in [6.07, 6.45) is 0.346. The summed E-state index contributed by atoms with van der Waals surface area (Å²) in [6.45, 7) is -0.126. The molecule has 0 saturated heterocycles. The summed E-state index contributed by atoms with van der Waals surface area (Å²) < 4.78 is 5.44. The smallest absolute Gasteiger partial charge is 0.264 e. The first-order valence-corrected chi connectivity index (χ1v) is 9.00. The highest BCUT2D eigenvalue weighted by Crippen LogP contribution is 2.30. The third kappa shape index (κ3) is 4.60. The molecular weight excluding hydrogens is 370 g/mol. The first kappa shape index (κ1) is 17.9. The van der Waals surface area contributed by atoms with Gasteiger partial charge in [0.1, 0.15) is 5.75 Å². The third-order valence-electron chi connectivity index (χ3n) is 3.48. The number of nitrogens with one attached hydrogen (secondary N) is 1. The second-order valence-electron chi connectivity index (χ2n) is 5.33. The molecule has 3 aromatic rings. The monoisotopic (exact) mass is 383 g/mol. The molecule has 7 heteroatoms. The number of anilines is 1. The van der Waals surface area contributed by atoms with Gasteiger partial charge in [-0.15, -0.1) is 11.3 Å². The minimum atomic E-state index is -0.300. The molecule has 1 N–H and O–H groups in total. The Hall–Kier alpha value is -2.88. The van der Waals surface area contributed by atoms with Crippen LogP contribution < -0.4 is 10.1 Å². The zero-order valence-corrected chi connectivity index (χ0v) is 15.2. The van der Waals surface area contributed by atoms with Crippen molar-refractivity contribution < 1.29 is 9.53 Å². The number of nitriles is 1. The van der Waals surface area contributed by atoms with E-state index < -0.39 is 0 Å². The maximum Gasteiger partial charge on any atom is 0.264 e. The second-order valence-corrected chi connectivity index (χ2v) is 6.60. The van der Waals surface area contributed by atoms with Crippen LogP contribution in [-0.4, -0.2) is 17.5 Å². The van der Waals surface area contributed by atoms with Crippen molar-refractivity contribution in [3.63, 3.8) is 0 Å². The molecule has 0 saturated carbocycles. The van der Waals surface area contributed by atoms with E-state index in [0.29, 0.717) is 28.0 Å². The van der Waals surface area contributed by atoms with Crippen molar-refractivity contribution in [2.45, 2.75) is 6.42 Å². The number of nitrogens with zero attached hydrogens (tertiary/aromatic N) is 2. The van der Waals surface area contributed by atoms with Gasteiger partial charge in [-0.2, -0.15) is 5.26 Å². The van der Waals surface area contributed by atoms with Gasteiger partial charge < -0.3 is 4.74 Å². The molecule has 130 valence electrons. The van der Waals surface area contributed by atoms with Crippen molar-refractivity contribution in [2.24, 2.45) is 0 Å². The number of carbonyl (C=O) groups excluding carboxylic acids is 1. The molecule has 0 radical (unpaired) electrons. The Labute approximate surface area is 159 Å². The molecule has 1 amide bonds. The molecule has 0 aliphatic heterocycles. The van der Waals surface area contributed by atoms with Crippen LogP contribution in [0, 0.1) is 11.3 Å². The molecule has 1 aromatic heterocycles. The summed E-state index contributed by atoms with van der Waals surface area (Å²) in [5.74, 6) is 0.267. The number of thiazole rings is 1. The van der Waals surface area contributed by atoms with Crippen molar-refractivity contribution in [3.8, 4) is 23.1 Å². The number of rotatable bonds is 6. The number of hydrogen-bond donors (Lipinski definition) is 1. The molecule has 0 fully saturated rings. The lowest BCUT2D eigenvalue weighted by molar-refractivity contribution is -0.118. The number of carbonyl (C=O) groups is 1. The van der Waals surface area contributed by atoms with E-state index in [4.69, 9.17) is 21.6 Å². The summed E-state index contributed by atoms with van der Waals surface area (Å²) in [6, 6.07) is 16.6. The quantitative estimate of drug-likeness (QED) is 0.677. The fraction of sp³-hybridized carbons (Fsp3) is 0.105. The van der Waals surface area contributed by atoms with Gasteiger partial charge >= 0.3 is 0 Å². The van der Waals surface area contributed by atoms with Crippen LogP contribution in [0.1, 0.15) is 5.56 Å². The summed E-state index contributed by atoms with van der Waals surface area (Å²) in [5, 5.41) is 14.3. The second kappa shape index (κ2) is 8.48. The Morgan fingerprint density at radius 3 is 2.73 bits per heavy atom. The first-order valence-electron chi connectivity index (χ1n) is 7.74. The maximum atomic E-state index is 12.0. The average Bonchev–Trinajstić information content (AvgIpc) is 3.10. The number of ether oxygens (including phenoxy) is 1. The fourth-order valence-corrected chi connectivity index (χ4v) is 3.18. The van der Waals surface area contributed by atoms with Gasteiger partial charge in [-0.05, 0) is 23.8 Å². The molecule has 0 unspecified atom stereocenters. The normalized spacial score (nSPS) is 10.2. The van der Waals surface area contributed by atoms with Gasteiger partial charge in [-0.3, -0.25) is 10.1 Å². The van der Waals surface area contributed by atoms with Gasteiger partial charge in [-0.25, -0.2) is 4.98 Å². The zero-order valence-electron chi connectivity index (χ0n) is 13.6. The van der Waals surface area contributed by atoms with Gasteiger partial charge in [0, 0.05) is 16.0 Å². The van der Waals surface area contributed by atoms with E-state index in [9.17, 15) is 4.79 Å². The molecule has 2 aromatic carbocycles. The van der Waals surface area contributed by atoms with Crippen LogP contribution in [0.5, 0.6) is 5.75 Å². The van der Waals surface area contributed by atoms with Gasteiger partial charge in [0.15, 0.2) is 11.7 Å². The standard InChI is InChI=1S/C19H14ClN3O2S/c20-16-4-2-1-3-15(16)17-12-26-19(22-17)23-18(24)11-25-14-7-5-13(6-8-14)9-10-21/h1-8,12H,9,11H2,(H,22,23,24). The van der Waals surface area contributed by atoms with Crippen molar-refractivity contribution in [2.75, 3.05) is 11.9 Å². The van der Waals surface area contributed by atoms with E-state index in [0.717, 1.165) is 11.1 Å². The van der Waals surface area contributed by atoms with E-state index in [2.05, 4.69) is 16.4 Å². The topological polar surface area (TPSA) is 75.0 Å². The number of halogens is 1. The summed E-state index contributed by atoms with van der Waals surface area (Å²) in [5.41, 5.74) is 2.43. The van der Waals surface area contributed by atoms with Crippen molar-refractivity contribution in [3.05, 3.63) is 64.5 Å². The molecule has 0 atom stereocenters. The van der Waals surface area contributed by atoms with E-state index in [-0.39, 0.29) is 12.5 Å². The highest BCUT2D eigenvalue weighted by molar-refractivity contribution is 7.14. The van der Waals surface area contributed by atoms with Crippen LogP contribution in [-0.2, 0) is 11.2 Å². The molecule has 1 heterocycles. The Bertz CT molecular complexity index is 948. The lowest BCUT2D eigenvalue weighted by Crippen LogP contribution is -2.20. The van der Waals surface area contributed by atoms with Gasteiger partial charge in [0.25, 0.3) is 5.91 Å². The molecular formula is C19H14ClN3O2S. The summed E-state index contributed by atoms with van der Waals surface area (Å²) in [4.78, 5) is 16.4. The Morgan fingerprint density at radius 2 is 2.00 bits per heavy atom. The van der Waals surface area contributed by atoms with E-state index in [1.807, 2.05) is 23.6 Å². The fourth-order valence-electron chi connectivity index (χ4n) is 2.22. The molecule has 0 aliphatic carbocycles. The highest BCUT2D eigenvalue weighted by atomic mass is 35.5. The predicted octanol–water partition coefficient (Wildman–Crippen LogP) is 4.55. The van der Waals surface area contributed by atoms with Crippen LogP contribution in [0.15, 0.2) is 53.9 Å². The lowest BCUT2D eigenvalue weighted by atomic mass is 10.2. The van der Waals surface area contributed by atoms with Crippen molar-refractivity contribution in [1.82, 2.24) is 4.98 Å². The van der Waals surface area contributed by atoms with E-state index in [1.165, 1.54) is 11.3 Å². The Kier molecular flexibility index (Phi) is 5.84. The van der Waals surface area contributed by atoms with Crippen molar-refractivity contribution in [1.29, 1.82) is 5.26 Å². The highest BCUT2D eigenvalue weighted by Gasteiger charge is 2.10. The van der Waals surface area contributed by atoms with Crippen LogP contribution >= 0.6 is 22.9 Å². The predicted molar refractivity (Wildman–Crippen MR) is 102 cm³/mol. The number of hydrogen-bond acceptors (Lipinski definition) is 5. The number of aromatic nitrogens is 1. The van der Waals surface area contributed by atoms with Gasteiger partial charge in [0.2, 0.25) is 0 Å². The van der Waals surface area contributed by atoms with Crippen LogP contribution in [0.3, 0.4) is 0 Å². The number of benzene rings is 2. The van der Waals surface area contributed by atoms with Crippen LogP contribution in [0.2, 0.25) is 5.02 Å². The zero-order chi connectivity index (χ0) is 18.4. The molecule has 0 aliphatic rings. The Morgan fingerprint density at radius 1 is 1.23 bits per heavy atom. The largest absolute Gasteiger partial charge is 0.484 e. The maximum absolute atomic E-state index is 12.0. The lowest BCUT2D eigenvalue weighted by Gasteiger charge is -2.06. The van der Waals surface area contributed by atoms with Gasteiger partial charge in [-0.1, -0.05) is 41.9 Å². The third-order valence-corrected chi connectivity index (χ3v) is 4.56. The first-order chi connectivity index (χ1) is 12.7. The molecule has 0 spiro atoms. The minimum Gasteiger partial charge on any atom is -0.484 e. The average molecular weight is 384 g/mol. The Balaban J connectivity index is 1.55. The minimum absolute atomic E-state index is 0.126. The molecule has 0 bridgehead atoms. The van der Waals surface area contributed by atoms with Crippen LogP contribution in [0.25, 0.3) is 11.3 Å². The van der Waals surface area contributed by atoms with Gasteiger partial charge in [0.05, 0.1) is 18.2 Å². The molecule has 5 nitrogen and oxygen atoms in total. The number of amides is 1. The van der Waals surface area contributed by atoms with E-state index >= 15 is 0 Å². The van der Waals surface area contributed by atoms with Crippen molar-refractivity contribution >= 4 is 34.0 Å². The SMILES string of the molecule is N#CCc1ccc(OCC(=O)Nc2nc(-c3ccccc3Cl)cs2)cc1. The molecule has 3 rings (SSSR count).